The largest absolute Gasteiger partial charge is 0.498 e. The molecule has 0 unspecified atom stereocenters. The summed E-state index contributed by atoms with van der Waals surface area (Å²) in [6, 6.07) is 0. The van der Waals surface area contributed by atoms with Crippen molar-refractivity contribution in [2.75, 3.05) is 27.9 Å². The molecule has 1 aliphatic rings. The fourth-order valence-electron chi connectivity index (χ4n) is 1.37. The van der Waals surface area contributed by atoms with Crippen LogP contribution < -0.4 is 0 Å². The monoisotopic (exact) mass is 228 g/mol. The van der Waals surface area contributed by atoms with Gasteiger partial charge in [0, 0.05) is 13.0 Å². The number of Topliss-reactive ketones (excluding diaryl/α,β-unsaturated/α-hetero) is 1. The van der Waals surface area contributed by atoms with Gasteiger partial charge in [-0.15, -0.1) is 0 Å². The van der Waals surface area contributed by atoms with Gasteiger partial charge < -0.3 is 14.2 Å². The Labute approximate surface area is 94.4 Å². The predicted molar refractivity (Wildman–Crippen MR) is 55.7 cm³/mol. The molecule has 0 heterocycles. The summed E-state index contributed by atoms with van der Waals surface area (Å²) in [4.78, 5) is 23.4. The summed E-state index contributed by atoms with van der Waals surface area (Å²) >= 11 is 0. The van der Waals surface area contributed by atoms with Gasteiger partial charge in [-0.2, -0.15) is 0 Å². The SMILES string of the molecule is COCC(OC)=C(C(=O)OC)C(=O)C1CC1. The zero-order valence-electron chi connectivity index (χ0n) is 9.74. The van der Waals surface area contributed by atoms with Gasteiger partial charge in [-0.1, -0.05) is 0 Å². The van der Waals surface area contributed by atoms with E-state index in [9.17, 15) is 9.59 Å². The number of rotatable bonds is 6. The molecule has 0 amide bonds. The summed E-state index contributed by atoms with van der Waals surface area (Å²) in [5.41, 5.74) is -0.0191. The number of ketones is 1. The van der Waals surface area contributed by atoms with Gasteiger partial charge in [-0.05, 0) is 12.8 Å². The van der Waals surface area contributed by atoms with E-state index in [2.05, 4.69) is 4.74 Å². The van der Waals surface area contributed by atoms with E-state index in [0.29, 0.717) is 0 Å². The van der Waals surface area contributed by atoms with Crippen molar-refractivity contribution in [3.05, 3.63) is 11.3 Å². The van der Waals surface area contributed by atoms with Crippen LogP contribution in [0.25, 0.3) is 0 Å². The van der Waals surface area contributed by atoms with E-state index in [1.54, 1.807) is 0 Å². The Morgan fingerprint density at radius 1 is 1.12 bits per heavy atom. The number of carbonyl (C=O) groups is 2. The number of methoxy groups -OCH3 is 3. The first-order valence-electron chi connectivity index (χ1n) is 5.04. The zero-order chi connectivity index (χ0) is 12.1. The van der Waals surface area contributed by atoms with Crippen LogP contribution in [0, 0.1) is 5.92 Å². The first-order valence-corrected chi connectivity index (χ1v) is 5.04. The van der Waals surface area contributed by atoms with Crippen molar-refractivity contribution in [3.8, 4) is 0 Å². The molecule has 0 saturated heterocycles. The van der Waals surface area contributed by atoms with E-state index in [1.165, 1.54) is 21.3 Å². The Kier molecular flexibility index (Phi) is 4.49. The quantitative estimate of drug-likeness (QED) is 0.220. The second kappa shape index (κ2) is 5.65. The van der Waals surface area contributed by atoms with Crippen molar-refractivity contribution < 1.29 is 23.8 Å². The topological polar surface area (TPSA) is 61.8 Å². The van der Waals surface area contributed by atoms with Gasteiger partial charge >= 0.3 is 5.97 Å². The number of esters is 1. The minimum Gasteiger partial charge on any atom is -0.498 e. The van der Waals surface area contributed by atoms with E-state index < -0.39 is 5.97 Å². The van der Waals surface area contributed by atoms with Crippen molar-refractivity contribution in [2.24, 2.45) is 5.92 Å². The van der Waals surface area contributed by atoms with Gasteiger partial charge in [0.25, 0.3) is 0 Å². The molecular weight excluding hydrogens is 212 g/mol. The van der Waals surface area contributed by atoms with Crippen LogP contribution in [-0.2, 0) is 23.8 Å². The number of ether oxygens (including phenoxy) is 3. The summed E-state index contributed by atoms with van der Waals surface area (Å²) in [5, 5.41) is 0. The molecule has 90 valence electrons. The highest BCUT2D eigenvalue weighted by Crippen LogP contribution is 2.33. The summed E-state index contributed by atoms with van der Waals surface area (Å²) in [7, 11) is 4.11. The molecule has 1 rings (SSSR count). The zero-order valence-corrected chi connectivity index (χ0v) is 9.74. The van der Waals surface area contributed by atoms with Gasteiger partial charge in [0.1, 0.15) is 17.9 Å². The van der Waals surface area contributed by atoms with Crippen LogP contribution in [0.4, 0.5) is 0 Å². The fourth-order valence-corrected chi connectivity index (χ4v) is 1.37. The average molecular weight is 228 g/mol. The molecule has 1 aliphatic carbocycles. The molecule has 16 heavy (non-hydrogen) atoms. The Hall–Kier alpha value is -1.36. The lowest BCUT2D eigenvalue weighted by molar-refractivity contribution is -0.138. The Morgan fingerprint density at radius 3 is 2.12 bits per heavy atom. The van der Waals surface area contributed by atoms with Crippen LogP contribution in [0.15, 0.2) is 11.3 Å². The molecule has 0 aromatic carbocycles. The first kappa shape index (κ1) is 12.7. The third kappa shape index (κ3) is 2.82. The van der Waals surface area contributed by atoms with E-state index >= 15 is 0 Å². The van der Waals surface area contributed by atoms with Gasteiger partial charge in [-0.25, -0.2) is 4.79 Å². The number of hydrogen-bond donors (Lipinski definition) is 0. The minimum absolute atomic E-state index is 0.0191. The van der Waals surface area contributed by atoms with Crippen LogP contribution in [0.5, 0.6) is 0 Å². The maximum atomic E-state index is 11.9. The third-order valence-corrected chi connectivity index (χ3v) is 2.38. The molecule has 1 fully saturated rings. The maximum absolute atomic E-state index is 11.9. The van der Waals surface area contributed by atoms with Gasteiger partial charge in [-0.3, -0.25) is 4.79 Å². The molecule has 0 aromatic heterocycles. The molecule has 1 saturated carbocycles. The first-order chi connectivity index (χ1) is 7.65. The molecule has 5 heteroatoms. The molecule has 5 nitrogen and oxygen atoms in total. The molecule has 0 atom stereocenters. The lowest BCUT2D eigenvalue weighted by atomic mass is 10.1. The number of carbonyl (C=O) groups excluding carboxylic acids is 2. The molecule has 0 aromatic rings. The van der Waals surface area contributed by atoms with Crippen LogP contribution in [0.2, 0.25) is 0 Å². The molecule has 0 N–H and O–H groups in total. The van der Waals surface area contributed by atoms with Crippen LogP contribution in [0.1, 0.15) is 12.8 Å². The summed E-state index contributed by atoms with van der Waals surface area (Å²) in [5.74, 6) is -0.700. The van der Waals surface area contributed by atoms with Crippen molar-refractivity contribution in [3.63, 3.8) is 0 Å². The lowest BCUT2D eigenvalue weighted by Gasteiger charge is -2.10. The second-order valence-electron chi connectivity index (χ2n) is 3.57. The highest BCUT2D eigenvalue weighted by atomic mass is 16.5. The molecule has 0 aliphatic heterocycles. The van der Waals surface area contributed by atoms with Gasteiger partial charge in [0.15, 0.2) is 5.78 Å². The Bertz CT molecular complexity index is 314. The van der Waals surface area contributed by atoms with Crippen LogP contribution in [-0.4, -0.2) is 39.7 Å². The smallest absolute Gasteiger partial charge is 0.345 e. The summed E-state index contributed by atoms with van der Waals surface area (Å²) in [6.07, 6.45) is 1.65. The van der Waals surface area contributed by atoms with E-state index in [1.807, 2.05) is 0 Å². The standard InChI is InChI=1S/C11H16O5/c1-14-6-8(15-2)9(11(13)16-3)10(12)7-4-5-7/h7H,4-6H2,1-3H3. The molecule has 0 radical (unpaired) electrons. The lowest BCUT2D eigenvalue weighted by Crippen LogP contribution is -2.20. The third-order valence-electron chi connectivity index (χ3n) is 2.38. The van der Waals surface area contributed by atoms with E-state index in [0.717, 1.165) is 12.8 Å². The van der Waals surface area contributed by atoms with E-state index in [4.69, 9.17) is 9.47 Å². The Balaban J connectivity index is 2.99. The van der Waals surface area contributed by atoms with Crippen molar-refractivity contribution in [1.29, 1.82) is 0 Å². The summed E-state index contributed by atoms with van der Waals surface area (Å²) < 4.78 is 14.5. The second-order valence-corrected chi connectivity index (χ2v) is 3.57. The normalized spacial score (nSPS) is 16.4. The average Bonchev–Trinajstić information content (AvgIpc) is 3.11. The highest BCUT2D eigenvalue weighted by molar-refractivity contribution is 6.19. The molecule has 0 spiro atoms. The molecular formula is C11H16O5. The molecule has 0 bridgehead atoms. The highest BCUT2D eigenvalue weighted by Gasteiger charge is 2.37. The van der Waals surface area contributed by atoms with E-state index in [-0.39, 0.29) is 29.6 Å². The van der Waals surface area contributed by atoms with Crippen LogP contribution in [0.3, 0.4) is 0 Å². The van der Waals surface area contributed by atoms with Gasteiger partial charge in [0.2, 0.25) is 0 Å². The van der Waals surface area contributed by atoms with Crippen molar-refractivity contribution >= 4 is 11.8 Å². The summed E-state index contributed by atoms with van der Waals surface area (Å²) in [6.45, 7) is 0.0827. The Morgan fingerprint density at radius 2 is 1.75 bits per heavy atom. The minimum atomic E-state index is -0.661. The maximum Gasteiger partial charge on any atom is 0.345 e. The van der Waals surface area contributed by atoms with Crippen LogP contribution >= 0.6 is 0 Å². The van der Waals surface area contributed by atoms with Crippen molar-refractivity contribution in [1.82, 2.24) is 0 Å². The predicted octanol–water partition coefficient (Wildman–Crippen LogP) is 0.685. The van der Waals surface area contributed by atoms with Gasteiger partial charge in [0.05, 0.1) is 14.2 Å². The van der Waals surface area contributed by atoms with Crippen molar-refractivity contribution in [2.45, 2.75) is 12.8 Å². The number of hydrogen-bond acceptors (Lipinski definition) is 5. The fraction of sp³-hybridized carbons (Fsp3) is 0.636.